The molecule has 1 aliphatic heterocycles. The number of nitrogens with zero attached hydrogens (tertiary/aromatic N) is 1. The zero-order valence-electron chi connectivity index (χ0n) is 10.4. The van der Waals surface area contributed by atoms with Gasteiger partial charge in [-0.25, -0.2) is 4.79 Å². The SMILES string of the molecule is CC(O)C1CN(C(=O)OC(C)(C)C)CCO1. The van der Waals surface area contributed by atoms with Crippen LogP contribution >= 0.6 is 0 Å². The predicted octanol–water partition coefficient (Wildman–Crippen LogP) is 1.00. The molecule has 0 aromatic rings. The maximum atomic E-state index is 11.7. The molecule has 0 aromatic carbocycles. The topological polar surface area (TPSA) is 59.0 Å². The molecule has 1 amide bonds. The fraction of sp³-hybridized carbons (Fsp3) is 0.909. The van der Waals surface area contributed by atoms with Gasteiger partial charge in [-0.1, -0.05) is 0 Å². The summed E-state index contributed by atoms with van der Waals surface area (Å²) in [5, 5.41) is 9.41. The Morgan fingerprint density at radius 2 is 2.19 bits per heavy atom. The van der Waals surface area contributed by atoms with Crippen molar-refractivity contribution in [3.63, 3.8) is 0 Å². The third kappa shape index (κ3) is 3.98. The normalized spacial score (nSPS) is 24.1. The molecule has 0 saturated carbocycles. The lowest BCUT2D eigenvalue weighted by Gasteiger charge is -2.35. The summed E-state index contributed by atoms with van der Waals surface area (Å²) in [6, 6.07) is 0. The molecule has 1 saturated heterocycles. The monoisotopic (exact) mass is 231 g/mol. The highest BCUT2D eigenvalue weighted by molar-refractivity contribution is 5.68. The van der Waals surface area contributed by atoms with Crippen LogP contribution in [0, 0.1) is 0 Å². The molecule has 1 rings (SSSR count). The van der Waals surface area contributed by atoms with Gasteiger partial charge in [-0.15, -0.1) is 0 Å². The fourth-order valence-corrected chi connectivity index (χ4v) is 1.46. The lowest BCUT2D eigenvalue weighted by Crippen LogP contribution is -2.50. The van der Waals surface area contributed by atoms with E-state index in [1.807, 2.05) is 20.8 Å². The third-order valence-corrected chi connectivity index (χ3v) is 2.28. The summed E-state index contributed by atoms with van der Waals surface area (Å²) in [7, 11) is 0. The van der Waals surface area contributed by atoms with Crippen LogP contribution in [0.4, 0.5) is 4.79 Å². The first kappa shape index (κ1) is 13.3. The molecular formula is C11H21NO4. The van der Waals surface area contributed by atoms with E-state index in [0.29, 0.717) is 19.7 Å². The molecule has 2 unspecified atom stereocenters. The molecule has 1 N–H and O–H groups in total. The van der Waals surface area contributed by atoms with Gasteiger partial charge in [-0.3, -0.25) is 0 Å². The molecule has 16 heavy (non-hydrogen) atoms. The van der Waals surface area contributed by atoms with E-state index in [9.17, 15) is 9.90 Å². The molecular weight excluding hydrogens is 210 g/mol. The molecule has 0 radical (unpaired) electrons. The summed E-state index contributed by atoms with van der Waals surface area (Å²) in [5.41, 5.74) is -0.490. The molecule has 1 heterocycles. The van der Waals surface area contributed by atoms with Crippen LogP contribution < -0.4 is 0 Å². The van der Waals surface area contributed by atoms with Gasteiger partial charge >= 0.3 is 6.09 Å². The third-order valence-electron chi connectivity index (χ3n) is 2.28. The first-order valence-corrected chi connectivity index (χ1v) is 5.57. The van der Waals surface area contributed by atoms with E-state index in [-0.39, 0.29) is 12.2 Å². The Kier molecular flexibility index (Phi) is 4.15. The van der Waals surface area contributed by atoms with Crippen molar-refractivity contribution in [1.29, 1.82) is 0 Å². The minimum Gasteiger partial charge on any atom is -0.444 e. The molecule has 5 nitrogen and oxygen atoms in total. The zero-order chi connectivity index (χ0) is 12.3. The second-order valence-electron chi connectivity index (χ2n) is 5.08. The Hall–Kier alpha value is -0.810. The van der Waals surface area contributed by atoms with Crippen molar-refractivity contribution >= 4 is 6.09 Å². The quantitative estimate of drug-likeness (QED) is 0.731. The molecule has 0 aromatic heterocycles. The molecule has 1 fully saturated rings. The van der Waals surface area contributed by atoms with Gasteiger partial charge < -0.3 is 19.5 Å². The Bertz CT molecular complexity index is 247. The Morgan fingerprint density at radius 3 is 2.69 bits per heavy atom. The minimum absolute atomic E-state index is 0.318. The van der Waals surface area contributed by atoms with E-state index in [0.717, 1.165) is 0 Å². The van der Waals surface area contributed by atoms with Gasteiger partial charge in [0.05, 0.1) is 19.3 Å². The first-order chi connectivity index (χ1) is 7.29. The van der Waals surface area contributed by atoms with Crippen molar-refractivity contribution in [3.05, 3.63) is 0 Å². The molecule has 5 heteroatoms. The number of aliphatic hydroxyl groups excluding tert-OH is 1. The van der Waals surface area contributed by atoms with Crippen molar-refractivity contribution in [3.8, 4) is 0 Å². The number of rotatable bonds is 1. The van der Waals surface area contributed by atoms with Crippen LogP contribution in [-0.2, 0) is 9.47 Å². The maximum absolute atomic E-state index is 11.7. The van der Waals surface area contributed by atoms with Gasteiger partial charge in [0, 0.05) is 6.54 Å². The van der Waals surface area contributed by atoms with Crippen LogP contribution in [0.15, 0.2) is 0 Å². The Morgan fingerprint density at radius 1 is 1.56 bits per heavy atom. The van der Waals surface area contributed by atoms with Crippen molar-refractivity contribution in [2.45, 2.75) is 45.5 Å². The Labute approximate surface area is 96.3 Å². The molecule has 0 aliphatic carbocycles. The highest BCUT2D eigenvalue weighted by Crippen LogP contribution is 2.14. The number of aliphatic hydroxyl groups is 1. The van der Waals surface area contributed by atoms with Gasteiger partial charge in [-0.2, -0.15) is 0 Å². The van der Waals surface area contributed by atoms with E-state index in [1.54, 1.807) is 11.8 Å². The Balaban J connectivity index is 2.50. The average molecular weight is 231 g/mol. The summed E-state index contributed by atoms with van der Waals surface area (Å²) < 4.78 is 10.6. The van der Waals surface area contributed by atoms with Gasteiger partial charge in [0.2, 0.25) is 0 Å². The summed E-state index contributed by atoms with van der Waals surface area (Å²) in [5.74, 6) is 0. The van der Waals surface area contributed by atoms with Crippen molar-refractivity contribution < 1.29 is 19.4 Å². The summed E-state index contributed by atoms with van der Waals surface area (Å²) in [6.45, 7) is 8.48. The molecule has 1 aliphatic rings. The van der Waals surface area contributed by atoms with Gasteiger partial charge in [-0.05, 0) is 27.7 Å². The smallest absolute Gasteiger partial charge is 0.410 e. The van der Waals surface area contributed by atoms with E-state index >= 15 is 0 Å². The van der Waals surface area contributed by atoms with E-state index in [1.165, 1.54) is 0 Å². The van der Waals surface area contributed by atoms with Gasteiger partial charge in [0.15, 0.2) is 0 Å². The molecule has 0 bridgehead atoms. The number of carbonyl (C=O) groups is 1. The van der Waals surface area contributed by atoms with Crippen molar-refractivity contribution in [1.82, 2.24) is 4.90 Å². The van der Waals surface area contributed by atoms with Gasteiger partial charge in [0.1, 0.15) is 11.7 Å². The van der Waals surface area contributed by atoms with E-state index in [4.69, 9.17) is 9.47 Å². The second-order valence-corrected chi connectivity index (χ2v) is 5.08. The van der Waals surface area contributed by atoms with Crippen molar-refractivity contribution in [2.24, 2.45) is 0 Å². The van der Waals surface area contributed by atoms with Crippen LogP contribution in [0.5, 0.6) is 0 Å². The highest BCUT2D eigenvalue weighted by atomic mass is 16.6. The van der Waals surface area contributed by atoms with Crippen LogP contribution in [0.2, 0.25) is 0 Å². The number of amides is 1. The second kappa shape index (κ2) is 5.01. The summed E-state index contributed by atoms with van der Waals surface area (Å²) in [4.78, 5) is 13.3. The zero-order valence-corrected chi connectivity index (χ0v) is 10.4. The summed E-state index contributed by atoms with van der Waals surface area (Å²) >= 11 is 0. The van der Waals surface area contributed by atoms with E-state index < -0.39 is 11.7 Å². The fourth-order valence-electron chi connectivity index (χ4n) is 1.46. The van der Waals surface area contributed by atoms with Crippen LogP contribution in [0.1, 0.15) is 27.7 Å². The standard InChI is InChI=1S/C11H21NO4/c1-8(13)9-7-12(5-6-15-9)10(14)16-11(2,3)4/h8-9,13H,5-7H2,1-4H3. The minimum atomic E-state index is -0.578. The lowest BCUT2D eigenvalue weighted by molar-refractivity contribution is -0.0841. The lowest BCUT2D eigenvalue weighted by atomic mass is 10.2. The van der Waals surface area contributed by atoms with Crippen LogP contribution in [0.3, 0.4) is 0 Å². The first-order valence-electron chi connectivity index (χ1n) is 5.57. The van der Waals surface area contributed by atoms with E-state index in [2.05, 4.69) is 0 Å². The number of hydrogen-bond acceptors (Lipinski definition) is 4. The molecule has 94 valence electrons. The maximum Gasteiger partial charge on any atom is 0.410 e. The number of morpholine rings is 1. The molecule has 0 spiro atoms. The van der Waals surface area contributed by atoms with Crippen LogP contribution in [0.25, 0.3) is 0 Å². The average Bonchev–Trinajstić information content (AvgIpc) is 2.15. The largest absolute Gasteiger partial charge is 0.444 e. The van der Waals surface area contributed by atoms with Crippen molar-refractivity contribution in [2.75, 3.05) is 19.7 Å². The highest BCUT2D eigenvalue weighted by Gasteiger charge is 2.29. The van der Waals surface area contributed by atoms with Gasteiger partial charge in [0.25, 0.3) is 0 Å². The molecule has 2 atom stereocenters. The predicted molar refractivity (Wildman–Crippen MR) is 59.2 cm³/mol. The number of carbonyl (C=O) groups excluding carboxylic acids is 1. The summed E-state index contributed by atoms with van der Waals surface area (Å²) in [6.07, 6.45) is -1.24. The number of hydrogen-bond donors (Lipinski definition) is 1. The van der Waals surface area contributed by atoms with Crippen LogP contribution in [-0.4, -0.2) is 53.6 Å². The number of ether oxygens (including phenoxy) is 2.